The summed E-state index contributed by atoms with van der Waals surface area (Å²) in [6.45, 7) is 4.13. The molecule has 6 nitrogen and oxygen atoms in total. The van der Waals surface area contributed by atoms with Crippen molar-refractivity contribution in [3.05, 3.63) is 59.1 Å². The molecule has 0 unspecified atom stereocenters. The standard InChI is InChI=1S/C22H22ClN3O3/c1-2-29-17-10-8-16(9-11-17)26-21(27)18-19(14-4-6-15(23)7-5-14)24-12-3-13-25(24)20(18)22(26)28/h4-11,18-20H,2-3,12-13H2,1H3/t18-,19-,20+/m1/s1. The number of benzene rings is 2. The van der Waals surface area contributed by atoms with Gasteiger partial charge in [-0.15, -0.1) is 0 Å². The smallest absolute Gasteiger partial charge is 0.253 e. The normalized spacial score (nSPS) is 26.8. The molecule has 5 rings (SSSR count). The summed E-state index contributed by atoms with van der Waals surface area (Å²) in [4.78, 5) is 28.2. The summed E-state index contributed by atoms with van der Waals surface area (Å²) in [6, 6.07) is 14.2. The molecular weight excluding hydrogens is 390 g/mol. The van der Waals surface area contributed by atoms with Crippen molar-refractivity contribution in [3.8, 4) is 5.75 Å². The third-order valence-corrected chi connectivity index (χ3v) is 6.28. The summed E-state index contributed by atoms with van der Waals surface area (Å²) in [5.41, 5.74) is 1.61. The van der Waals surface area contributed by atoms with Crippen molar-refractivity contribution in [1.29, 1.82) is 0 Å². The molecular formula is C22H22ClN3O3. The van der Waals surface area contributed by atoms with Crippen molar-refractivity contribution in [2.75, 3.05) is 24.6 Å². The van der Waals surface area contributed by atoms with Gasteiger partial charge in [0.05, 0.1) is 24.3 Å². The van der Waals surface area contributed by atoms with E-state index in [1.807, 2.05) is 31.2 Å². The molecule has 3 fully saturated rings. The predicted molar refractivity (Wildman–Crippen MR) is 110 cm³/mol. The maximum absolute atomic E-state index is 13.5. The van der Waals surface area contributed by atoms with Gasteiger partial charge in [-0.1, -0.05) is 23.7 Å². The maximum atomic E-state index is 13.5. The summed E-state index contributed by atoms with van der Waals surface area (Å²) in [6.07, 6.45) is 0.984. The number of halogens is 1. The molecule has 150 valence electrons. The van der Waals surface area contributed by atoms with E-state index in [9.17, 15) is 9.59 Å². The van der Waals surface area contributed by atoms with Crippen LogP contribution in [0.2, 0.25) is 5.02 Å². The molecule has 0 aromatic heterocycles. The lowest BCUT2D eigenvalue weighted by Crippen LogP contribution is -2.44. The number of ether oxygens (including phenoxy) is 1. The fourth-order valence-electron chi connectivity index (χ4n) is 4.89. The van der Waals surface area contributed by atoms with E-state index < -0.39 is 12.0 Å². The second-order valence-corrected chi connectivity index (χ2v) is 8.02. The second-order valence-electron chi connectivity index (χ2n) is 7.59. The molecule has 3 saturated heterocycles. The Kier molecular flexibility index (Phi) is 4.57. The summed E-state index contributed by atoms with van der Waals surface area (Å²) in [5.74, 6) is 0.0156. The van der Waals surface area contributed by atoms with Crippen molar-refractivity contribution in [3.63, 3.8) is 0 Å². The third-order valence-electron chi connectivity index (χ3n) is 6.02. The molecule has 0 saturated carbocycles. The molecule has 2 aromatic rings. The molecule has 0 spiro atoms. The van der Waals surface area contributed by atoms with Gasteiger partial charge in [0.2, 0.25) is 5.91 Å². The van der Waals surface area contributed by atoms with Crippen LogP contribution in [0.1, 0.15) is 24.9 Å². The van der Waals surface area contributed by atoms with Gasteiger partial charge < -0.3 is 4.74 Å². The Bertz CT molecular complexity index is 947. The molecule has 2 amide bonds. The summed E-state index contributed by atoms with van der Waals surface area (Å²) in [7, 11) is 0. The van der Waals surface area contributed by atoms with Gasteiger partial charge in [-0.2, -0.15) is 0 Å². The average Bonchev–Trinajstić information content (AvgIpc) is 3.36. The maximum Gasteiger partial charge on any atom is 0.253 e. The van der Waals surface area contributed by atoms with Crippen LogP contribution in [0.15, 0.2) is 48.5 Å². The molecule has 3 aliphatic rings. The first-order chi connectivity index (χ1) is 14.1. The van der Waals surface area contributed by atoms with Crippen LogP contribution < -0.4 is 9.64 Å². The first-order valence-electron chi connectivity index (χ1n) is 9.99. The summed E-state index contributed by atoms with van der Waals surface area (Å²) < 4.78 is 5.48. The summed E-state index contributed by atoms with van der Waals surface area (Å²) in [5, 5.41) is 4.95. The molecule has 3 heterocycles. The fraction of sp³-hybridized carbons (Fsp3) is 0.364. The largest absolute Gasteiger partial charge is 0.494 e. The Balaban J connectivity index is 1.51. The highest BCUT2D eigenvalue weighted by atomic mass is 35.5. The summed E-state index contributed by atoms with van der Waals surface area (Å²) >= 11 is 6.07. The van der Waals surface area contributed by atoms with Gasteiger partial charge in [-0.3, -0.25) is 9.59 Å². The van der Waals surface area contributed by atoms with Gasteiger partial charge in [0.15, 0.2) is 0 Å². The van der Waals surface area contributed by atoms with E-state index in [1.54, 1.807) is 24.3 Å². The first-order valence-corrected chi connectivity index (χ1v) is 10.4. The number of nitrogens with zero attached hydrogens (tertiary/aromatic N) is 3. The Hall–Kier alpha value is -2.41. The number of carbonyl (C=O) groups excluding carboxylic acids is 2. The highest BCUT2D eigenvalue weighted by molar-refractivity contribution is 6.30. The lowest BCUT2D eigenvalue weighted by molar-refractivity contribution is -0.126. The Morgan fingerprint density at radius 2 is 1.59 bits per heavy atom. The molecule has 0 radical (unpaired) electrons. The van der Waals surface area contributed by atoms with E-state index in [4.69, 9.17) is 16.3 Å². The van der Waals surface area contributed by atoms with Crippen LogP contribution in [0, 0.1) is 5.92 Å². The zero-order chi connectivity index (χ0) is 20.1. The number of carbonyl (C=O) groups is 2. The molecule has 0 N–H and O–H groups in total. The van der Waals surface area contributed by atoms with Crippen molar-refractivity contribution < 1.29 is 14.3 Å². The van der Waals surface area contributed by atoms with E-state index in [0.717, 1.165) is 30.8 Å². The van der Waals surface area contributed by atoms with Crippen molar-refractivity contribution in [2.24, 2.45) is 5.92 Å². The average molecular weight is 412 g/mol. The zero-order valence-corrected chi connectivity index (χ0v) is 16.9. The van der Waals surface area contributed by atoms with Gasteiger partial charge in [0, 0.05) is 18.1 Å². The van der Waals surface area contributed by atoms with E-state index in [0.29, 0.717) is 17.3 Å². The molecule has 0 aliphatic carbocycles. The number of fused-ring (bicyclic) bond motifs is 3. The van der Waals surface area contributed by atoms with Gasteiger partial charge in [0.25, 0.3) is 5.91 Å². The van der Waals surface area contributed by atoms with E-state index in [-0.39, 0.29) is 17.9 Å². The number of rotatable bonds is 4. The Morgan fingerprint density at radius 3 is 2.24 bits per heavy atom. The topological polar surface area (TPSA) is 53.1 Å². The minimum Gasteiger partial charge on any atom is -0.494 e. The highest BCUT2D eigenvalue weighted by Gasteiger charge is 2.62. The van der Waals surface area contributed by atoms with Gasteiger partial charge in [-0.25, -0.2) is 14.9 Å². The molecule has 3 atom stereocenters. The lowest BCUT2D eigenvalue weighted by atomic mass is 9.90. The van der Waals surface area contributed by atoms with Crippen LogP contribution >= 0.6 is 11.6 Å². The quantitative estimate of drug-likeness (QED) is 0.723. The van der Waals surface area contributed by atoms with Crippen LogP contribution in [0.5, 0.6) is 5.75 Å². The van der Waals surface area contributed by atoms with Crippen LogP contribution in [-0.2, 0) is 9.59 Å². The monoisotopic (exact) mass is 411 g/mol. The van der Waals surface area contributed by atoms with E-state index in [1.165, 1.54) is 4.90 Å². The van der Waals surface area contributed by atoms with Crippen molar-refractivity contribution >= 4 is 29.1 Å². The number of hydrazine groups is 1. The van der Waals surface area contributed by atoms with Crippen molar-refractivity contribution in [2.45, 2.75) is 25.4 Å². The van der Waals surface area contributed by atoms with Gasteiger partial charge >= 0.3 is 0 Å². The number of hydrogen-bond acceptors (Lipinski definition) is 5. The number of imide groups is 1. The second kappa shape index (κ2) is 7.13. The highest BCUT2D eigenvalue weighted by Crippen LogP contribution is 2.49. The lowest BCUT2D eigenvalue weighted by Gasteiger charge is -2.29. The Labute approximate surface area is 174 Å². The molecule has 0 bridgehead atoms. The van der Waals surface area contributed by atoms with Gasteiger partial charge in [0.1, 0.15) is 11.8 Å². The van der Waals surface area contributed by atoms with Crippen LogP contribution in [-0.4, -0.2) is 47.6 Å². The number of amides is 2. The molecule has 3 aliphatic heterocycles. The molecule has 7 heteroatoms. The first kappa shape index (κ1) is 18.6. The molecule has 2 aromatic carbocycles. The number of anilines is 1. The molecule has 29 heavy (non-hydrogen) atoms. The fourth-order valence-corrected chi connectivity index (χ4v) is 5.01. The van der Waals surface area contributed by atoms with Gasteiger partial charge in [-0.05, 0) is 55.3 Å². The van der Waals surface area contributed by atoms with E-state index >= 15 is 0 Å². The van der Waals surface area contributed by atoms with Crippen LogP contribution in [0.25, 0.3) is 0 Å². The number of hydrogen-bond donors (Lipinski definition) is 0. The van der Waals surface area contributed by atoms with E-state index in [2.05, 4.69) is 10.0 Å². The third kappa shape index (κ3) is 2.86. The Morgan fingerprint density at radius 1 is 0.931 bits per heavy atom. The minimum absolute atomic E-state index is 0.140. The van der Waals surface area contributed by atoms with Crippen LogP contribution in [0.3, 0.4) is 0 Å². The van der Waals surface area contributed by atoms with Crippen LogP contribution in [0.4, 0.5) is 5.69 Å². The minimum atomic E-state index is -0.447. The van der Waals surface area contributed by atoms with Crippen molar-refractivity contribution in [1.82, 2.24) is 10.0 Å². The zero-order valence-electron chi connectivity index (χ0n) is 16.1. The SMILES string of the molecule is CCOc1ccc(N2C(=O)[C@H]3[C@@H](C2=O)N2CCCN2[C@@H]3c2ccc(Cl)cc2)cc1. The predicted octanol–water partition coefficient (Wildman–Crippen LogP) is 3.27.